The lowest BCUT2D eigenvalue weighted by Gasteiger charge is -1.98. The Morgan fingerprint density at radius 1 is 1.82 bits per heavy atom. The summed E-state index contributed by atoms with van der Waals surface area (Å²) in [5, 5.41) is 1.86. The molecule has 1 heterocycles. The molecule has 0 amide bonds. The van der Waals surface area contributed by atoms with Gasteiger partial charge in [-0.2, -0.15) is 0 Å². The molecule has 1 aromatic rings. The third kappa shape index (κ3) is 2.67. The Bertz CT molecular complexity index is 220. The number of hydrogen-bond acceptors (Lipinski definition) is 4. The minimum atomic E-state index is -0.182. The van der Waals surface area contributed by atoms with E-state index >= 15 is 0 Å². The molecule has 0 N–H and O–H groups in total. The highest BCUT2D eigenvalue weighted by Crippen LogP contribution is 2.02. The van der Waals surface area contributed by atoms with Gasteiger partial charge in [0.05, 0.1) is 11.2 Å². The lowest BCUT2D eigenvalue weighted by molar-refractivity contribution is -0.144. The maximum absolute atomic E-state index is 10.7. The van der Waals surface area contributed by atoms with Crippen molar-refractivity contribution in [3.05, 3.63) is 16.6 Å². The molecule has 11 heavy (non-hydrogen) atoms. The van der Waals surface area contributed by atoms with Crippen LogP contribution in [-0.2, 0) is 16.1 Å². The number of esters is 1. The van der Waals surface area contributed by atoms with E-state index in [1.54, 1.807) is 12.4 Å². The van der Waals surface area contributed by atoms with Crippen LogP contribution in [0.4, 0.5) is 0 Å². The normalized spacial score (nSPS) is 9.55. The van der Waals surface area contributed by atoms with E-state index in [1.807, 2.05) is 5.38 Å². The van der Waals surface area contributed by atoms with Gasteiger partial charge in [0.1, 0.15) is 6.61 Å². The quantitative estimate of drug-likeness (QED) is 0.648. The van der Waals surface area contributed by atoms with Crippen LogP contribution in [0, 0.1) is 0 Å². The monoisotopic (exact) mass is 171 g/mol. The zero-order chi connectivity index (χ0) is 8.10. The third-order valence-electron chi connectivity index (χ3n) is 1.15. The maximum atomic E-state index is 10.7. The summed E-state index contributed by atoms with van der Waals surface area (Å²) < 4.78 is 4.84. The van der Waals surface area contributed by atoms with Crippen molar-refractivity contribution in [3.8, 4) is 0 Å². The number of ether oxygens (including phenoxy) is 1. The summed E-state index contributed by atoms with van der Waals surface area (Å²) >= 11 is 1.50. The Hall–Kier alpha value is -0.900. The van der Waals surface area contributed by atoms with Crippen LogP contribution >= 0.6 is 11.3 Å². The van der Waals surface area contributed by atoms with Crippen molar-refractivity contribution in [3.63, 3.8) is 0 Å². The van der Waals surface area contributed by atoms with E-state index in [4.69, 9.17) is 4.74 Å². The van der Waals surface area contributed by atoms with Gasteiger partial charge in [0.25, 0.3) is 0 Å². The average molecular weight is 171 g/mol. The van der Waals surface area contributed by atoms with E-state index in [1.165, 1.54) is 11.3 Å². The molecule has 0 saturated carbocycles. The summed E-state index contributed by atoms with van der Waals surface area (Å²) in [6.07, 6.45) is 0.421. The number of thiazole rings is 1. The molecular weight excluding hydrogens is 162 g/mol. The van der Waals surface area contributed by atoms with Crippen LogP contribution in [0.25, 0.3) is 0 Å². The molecule has 0 spiro atoms. The minimum absolute atomic E-state index is 0.182. The molecule has 0 radical (unpaired) electrons. The lowest BCUT2D eigenvalue weighted by atomic mass is 10.5. The first-order valence-corrected chi connectivity index (χ1v) is 4.30. The number of carbonyl (C=O) groups excluding carboxylic acids is 1. The van der Waals surface area contributed by atoms with Crippen LogP contribution < -0.4 is 0 Å². The average Bonchev–Trinajstić information content (AvgIpc) is 2.52. The predicted octanol–water partition coefficient (Wildman–Crippen LogP) is 1.60. The van der Waals surface area contributed by atoms with Gasteiger partial charge in [-0.25, -0.2) is 4.98 Å². The number of nitrogens with zero attached hydrogens (tertiary/aromatic N) is 1. The van der Waals surface area contributed by atoms with Gasteiger partial charge in [0.15, 0.2) is 0 Å². The Labute approximate surface area is 69.0 Å². The summed E-state index contributed by atoms with van der Waals surface area (Å²) in [7, 11) is 0. The molecule has 4 heteroatoms. The van der Waals surface area contributed by atoms with Gasteiger partial charge < -0.3 is 4.74 Å². The topological polar surface area (TPSA) is 39.2 Å². The van der Waals surface area contributed by atoms with E-state index in [2.05, 4.69) is 4.98 Å². The fourth-order valence-electron chi connectivity index (χ4n) is 0.565. The second kappa shape index (κ2) is 4.08. The van der Waals surface area contributed by atoms with Gasteiger partial charge in [0, 0.05) is 11.8 Å². The van der Waals surface area contributed by atoms with Gasteiger partial charge in [-0.3, -0.25) is 4.79 Å². The largest absolute Gasteiger partial charge is 0.459 e. The van der Waals surface area contributed by atoms with Crippen molar-refractivity contribution >= 4 is 17.3 Å². The summed E-state index contributed by atoms with van der Waals surface area (Å²) in [5.74, 6) is -0.182. The first-order chi connectivity index (χ1) is 5.33. The molecule has 0 aliphatic heterocycles. The van der Waals surface area contributed by atoms with Gasteiger partial charge in [-0.05, 0) is 0 Å². The highest BCUT2D eigenvalue weighted by molar-refractivity contribution is 7.07. The number of rotatable bonds is 3. The van der Waals surface area contributed by atoms with Gasteiger partial charge in [0.2, 0.25) is 0 Å². The Morgan fingerprint density at radius 2 is 2.64 bits per heavy atom. The number of carbonyl (C=O) groups is 1. The standard InChI is InChI=1S/C7H9NO2S/c1-2-7(9)10-3-6-4-11-5-8-6/h4-5H,2-3H2,1H3. The minimum Gasteiger partial charge on any atom is -0.459 e. The Balaban J connectivity index is 2.29. The molecule has 0 aliphatic rings. The molecule has 0 bridgehead atoms. The smallest absolute Gasteiger partial charge is 0.305 e. The summed E-state index contributed by atoms with van der Waals surface area (Å²) in [5.41, 5.74) is 2.53. The van der Waals surface area contributed by atoms with Crippen LogP contribution in [0.1, 0.15) is 19.0 Å². The van der Waals surface area contributed by atoms with Crippen molar-refractivity contribution in [1.29, 1.82) is 0 Å². The highest BCUT2D eigenvalue weighted by atomic mass is 32.1. The number of hydrogen-bond donors (Lipinski definition) is 0. The SMILES string of the molecule is CCC(=O)OCc1cscn1. The van der Waals surface area contributed by atoms with E-state index in [-0.39, 0.29) is 5.97 Å². The summed E-state index contributed by atoms with van der Waals surface area (Å²) in [4.78, 5) is 14.6. The van der Waals surface area contributed by atoms with Gasteiger partial charge >= 0.3 is 5.97 Å². The Kier molecular flexibility index (Phi) is 3.04. The van der Waals surface area contributed by atoms with Crippen LogP contribution in [0.2, 0.25) is 0 Å². The fourth-order valence-corrected chi connectivity index (χ4v) is 1.11. The molecule has 0 fully saturated rings. The molecule has 60 valence electrons. The highest BCUT2D eigenvalue weighted by Gasteiger charge is 1.99. The molecular formula is C7H9NO2S. The van der Waals surface area contributed by atoms with Crippen LogP contribution in [0.15, 0.2) is 10.9 Å². The molecule has 0 aromatic carbocycles. The van der Waals surface area contributed by atoms with Gasteiger partial charge in [-0.1, -0.05) is 6.92 Å². The summed E-state index contributed by atoms with van der Waals surface area (Å²) in [6, 6.07) is 0. The molecule has 0 saturated heterocycles. The van der Waals surface area contributed by atoms with Crippen molar-refractivity contribution in [1.82, 2.24) is 4.98 Å². The third-order valence-corrected chi connectivity index (χ3v) is 1.79. The van der Waals surface area contributed by atoms with Crippen LogP contribution in [-0.4, -0.2) is 11.0 Å². The van der Waals surface area contributed by atoms with Crippen molar-refractivity contribution in [2.75, 3.05) is 0 Å². The lowest BCUT2D eigenvalue weighted by Crippen LogP contribution is -2.02. The van der Waals surface area contributed by atoms with E-state index in [0.29, 0.717) is 13.0 Å². The Morgan fingerprint density at radius 3 is 3.18 bits per heavy atom. The van der Waals surface area contributed by atoms with Crippen molar-refractivity contribution in [2.45, 2.75) is 20.0 Å². The second-order valence-electron chi connectivity index (χ2n) is 1.99. The maximum Gasteiger partial charge on any atom is 0.305 e. The molecule has 0 aliphatic carbocycles. The molecule has 1 rings (SSSR count). The molecule has 1 aromatic heterocycles. The molecule has 3 nitrogen and oxygen atoms in total. The zero-order valence-corrected chi connectivity index (χ0v) is 7.06. The van der Waals surface area contributed by atoms with E-state index in [0.717, 1.165) is 5.69 Å². The van der Waals surface area contributed by atoms with Crippen molar-refractivity contribution in [2.24, 2.45) is 0 Å². The predicted molar refractivity (Wildman–Crippen MR) is 42.2 cm³/mol. The fraction of sp³-hybridized carbons (Fsp3) is 0.429. The summed E-state index contributed by atoms with van der Waals surface area (Å²) in [6.45, 7) is 2.07. The second-order valence-corrected chi connectivity index (χ2v) is 2.71. The first kappa shape index (κ1) is 8.20. The van der Waals surface area contributed by atoms with E-state index in [9.17, 15) is 4.79 Å². The zero-order valence-electron chi connectivity index (χ0n) is 6.24. The van der Waals surface area contributed by atoms with E-state index < -0.39 is 0 Å². The van der Waals surface area contributed by atoms with Crippen LogP contribution in [0.3, 0.4) is 0 Å². The number of aromatic nitrogens is 1. The first-order valence-electron chi connectivity index (χ1n) is 3.35. The van der Waals surface area contributed by atoms with Crippen molar-refractivity contribution < 1.29 is 9.53 Å². The van der Waals surface area contributed by atoms with Gasteiger partial charge in [-0.15, -0.1) is 11.3 Å². The van der Waals surface area contributed by atoms with Crippen LogP contribution in [0.5, 0.6) is 0 Å². The molecule has 0 unspecified atom stereocenters. The molecule has 0 atom stereocenters.